The van der Waals surface area contributed by atoms with Crippen molar-refractivity contribution in [1.29, 1.82) is 0 Å². The van der Waals surface area contributed by atoms with Crippen LogP contribution in [0, 0.1) is 11.8 Å². The number of hydrogen-bond acceptors (Lipinski definition) is 13. The number of aliphatic carboxylic acids is 1. The van der Waals surface area contributed by atoms with Crippen molar-refractivity contribution in [2.24, 2.45) is 11.8 Å². The van der Waals surface area contributed by atoms with Gasteiger partial charge in [-0.25, -0.2) is 9.59 Å². The smallest absolute Gasteiger partial charge is 0.338 e. The highest BCUT2D eigenvalue weighted by molar-refractivity contribution is 5.89. The van der Waals surface area contributed by atoms with E-state index in [9.17, 15) is 40.2 Å². The number of hydrogen-bond donors (Lipinski definition) is 6. The average molecular weight is 711 g/mol. The minimum Gasteiger partial charge on any atom is -0.479 e. The first kappa shape index (κ1) is 39.0. The van der Waals surface area contributed by atoms with Gasteiger partial charge in [-0.05, 0) is 50.2 Å². The van der Waals surface area contributed by atoms with Crippen LogP contribution in [0.4, 0.5) is 0 Å². The van der Waals surface area contributed by atoms with Crippen LogP contribution in [-0.2, 0) is 33.2 Å². The maximum atomic E-state index is 13.5. The third-order valence-corrected chi connectivity index (χ3v) is 10.7. The second kappa shape index (κ2) is 18.0. The van der Waals surface area contributed by atoms with E-state index in [4.69, 9.17) is 28.4 Å². The normalized spacial score (nSPS) is 39.1. The highest BCUT2D eigenvalue weighted by Gasteiger charge is 2.53. The molecule has 14 nitrogen and oxygen atoms in total. The standard InChI is InChI=1S/C36H54O14/c1-3-21-15-10-16-23(30(21)50-35-29(41)28(40)26(38)19(2)45-35)47-36-32(49-34(44)22-13-8-5-9-14-22)31(27(39)25(18-37)48-36)46-24(33(42)43)17-20-11-6-4-7-12-20/h5,8-9,13-14,19-21,23-32,35-41H,3-4,6-7,10-12,15-18H2,1-2H3,(H,42,43)/t19?,21?,23-,24+,25?,26-,27+,28?,29?,30?,31?,32?,35+,36-/m1/s1. The number of rotatable bonds is 13. The summed E-state index contributed by atoms with van der Waals surface area (Å²) in [6.07, 6.45) is -8.91. The molecule has 5 rings (SSSR count). The molecule has 2 aliphatic carbocycles. The van der Waals surface area contributed by atoms with Crippen LogP contribution >= 0.6 is 0 Å². The zero-order valence-electron chi connectivity index (χ0n) is 28.8. The van der Waals surface area contributed by atoms with Gasteiger partial charge in [-0.1, -0.05) is 70.1 Å². The molecule has 1 aromatic carbocycles. The van der Waals surface area contributed by atoms with Crippen LogP contribution in [-0.4, -0.2) is 129 Å². The van der Waals surface area contributed by atoms with Crippen molar-refractivity contribution >= 4 is 11.9 Å². The van der Waals surface area contributed by atoms with Crippen molar-refractivity contribution in [3.63, 3.8) is 0 Å². The van der Waals surface area contributed by atoms with E-state index in [0.717, 1.165) is 44.9 Å². The van der Waals surface area contributed by atoms with E-state index in [-0.39, 0.29) is 23.8 Å². The molecule has 0 amide bonds. The highest BCUT2D eigenvalue weighted by atomic mass is 16.7. The summed E-state index contributed by atoms with van der Waals surface area (Å²) in [7, 11) is 0. The van der Waals surface area contributed by atoms with E-state index < -0.39 is 98.3 Å². The van der Waals surface area contributed by atoms with Gasteiger partial charge in [0.05, 0.1) is 30.5 Å². The number of ether oxygens (including phenoxy) is 6. The molecule has 282 valence electrons. The molecular formula is C36H54O14. The largest absolute Gasteiger partial charge is 0.479 e. The lowest BCUT2D eigenvalue weighted by molar-refractivity contribution is -0.348. The second-order valence-corrected chi connectivity index (χ2v) is 14.2. The summed E-state index contributed by atoms with van der Waals surface area (Å²) in [6.45, 7) is 2.87. The van der Waals surface area contributed by atoms with Gasteiger partial charge < -0.3 is 59.1 Å². The van der Waals surface area contributed by atoms with Gasteiger partial charge >= 0.3 is 11.9 Å². The molecule has 2 heterocycles. The van der Waals surface area contributed by atoms with E-state index in [1.807, 2.05) is 6.92 Å². The van der Waals surface area contributed by atoms with Crippen LogP contribution in [0.25, 0.3) is 0 Å². The van der Waals surface area contributed by atoms with Crippen LogP contribution in [0.5, 0.6) is 0 Å². The van der Waals surface area contributed by atoms with Gasteiger partial charge in [-0.15, -0.1) is 0 Å². The van der Waals surface area contributed by atoms with Crippen molar-refractivity contribution in [3.8, 4) is 0 Å². The van der Waals surface area contributed by atoms with Crippen molar-refractivity contribution < 1.29 is 68.6 Å². The van der Waals surface area contributed by atoms with Crippen molar-refractivity contribution in [1.82, 2.24) is 0 Å². The van der Waals surface area contributed by atoms with E-state index in [2.05, 4.69) is 0 Å². The zero-order valence-corrected chi connectivity index (χ0v) is 28.8. The second-order valence-electron chi connectivity index (χ2n) is 14.2. The lowest BCUT2D eigenvalue weighted by atomic mass is 9.82. The highest BCUT2D eigenvalue weighted by Crippen LogP contribution is 2.38. The Hall–Kier alpha value is -2.24. The molecule has 1 aromatic rings. The number of carbonyl (C=O) groups excluding carboxylic acids is 1. The topological polar surface area (TPSA) is 211 Å². The van der Waals surface area contributed by atoms with Gasteiger partial charge in [-0.3, -0.25) is 0 Å². The Morgan fingerprint density at radius 2 is 1.54 bits per heavy atom. The number of aliphatic hydroxyl groups excluding tert-OH is 5. The molecule has 4 fully saturated rings. The van der Waals surface area contributed by atoms with Gasteiger partial charge in [0.25, 0.3) is 0 Å². The van der Waals surface area contributed by atoms with E-state index in [0.29, 0.717) is 12.8 Å². The monoisotopic (exact) mass is 710 g/mol. The minimum atomic E-state index is -1.58. The van der Waals surface area contributed by atoms with Gasteiger partial charge in [0.15, 0.2) is 24.8 Å². The lowest BCUT2D eigenvalue weighted by Crippen LogP contribution is -2.64. The molecule has 0 aromatic heterocycles. The SMILES string of the molecule is CCC1CCC[C@@H](O[C@@H]2OC(CO)[C@H](O)C(O[C@@H](CC3CCCCC3)C(=O)O)C2OC(=O)c2ccccc2)C1O[C@@H]1OC(C)[C@@H](O)C(O)C1O. The number of carboxylic acid groups (broad SMARTS) is 1. The summed E-state index contributed by atoms with van der Waals surface area (Å²) in [4.78, 5) is 26.0. The molecule has 0 spiro atoms. The molecule has 0 bridgehead atoms. The van der Waals surface area contributed by atoms with E-state index in [1.165, 1.54) is 0 Å². The summed E-state index contributed by atoms with van der Waals surface area (Å²) in [5.74, 6) is -1.98. The van der Waals surface area contributed by atoms with Crippen molar-refractivity contribution in [3.05, 3.63) is 35.9 Å². The Balaban J connectivity index is 1.44. The number of carbonyl (C=O) groups is 2. The number of aliphatic hydroxyl groups is 5. The molecule has 2 saturated carbocycles. The molecule has 4 aliphatic rings. The summed E-state index contributed by atoms with van der Waals surface area (Å²) in [5.41, 5.74) is 0.198. The molecule has 2 aliphatic heterocycles. The van der Waals surface area contributed by atoms with Crippen LogP contribution in [0.3, 0.4) is 0 Å². The lowest BCUT2D eigenvalue weighted by Gasteiger charge is -2.48. The van der Waals surface area contributed by atoms with E-state index in [1.54, 1.807) is 37.3 Å². The quantitative estimate of drug-likeness (QED) is 0.162. The van der Waals surface area contributed by atoms with Gasteiger partial charge in [-0.2, -0.15) is 0 Å². The molecular weight excluding hydrogens is 656 g/mol. The van der Waals surface area contributed by atoms with Crippen LogP contribution in [0.1, 0.15) is 88.4 Å². The predicted octanol–water partition coefficient (Wildman–Crippen LogP) is 1.91. The molecule has 6 N–H and O–H groups in total. The van der Waals surface area contributed by atoms with Crippen molar-refractivity contribution in [2.75, 3.05) is 6.61 Å². The molecule has 2 saturated heterocycles. The minimum absolute atomic E-state index is 0.0871. The van der Waals surface area contributed by atoms with Crippen molar-refractivity contribution in [2.45, 2.75) is 158 Å². The fourth-order valence-corrected chi connectivity index (χ4v) is 7.77. The van der Waals surface area contributed by atoms with Crippen LogP contribution in [0.2, 0.25) is 0 Å². The Kier molecular flexibility index (Phi) is 14.0. The van der Waals surface area contributed by atoms with Gasteiger partial charge in [0.1, 0.15) is 36.6 Å². The Morgan fingerprint density at radius 3 is 2.20 bits per heavy atom. The molecule has 14 heteroatoms. The third-order valence-electron chi connectivity index (χ3n) is 10.7. The average Bonchev–Trinajstić information content (AvgIpc) is 3.12. The first-order valence-corrected chi connectivity index (χ1v) is 18.1. The summed E-state index contributed by atoms with van der Waals surface area (Å²) >= 11 is 0. The van der Waals surface area contributed by atoms with E-state index >= 15 is 0 Å². The van der Waals surface area contributed by atoms with Gasteiger partial charge in [0, 0.05) is 0 Å². The molecule has 8 unspecified atom stereocenters. The summed E-state index contributed by atoms with van der Waals surface area (Å²) in [5, 5.41) is 63.3. The van der Waals surface area contributed by atoms with Gasteiger partial charge in [0.2, 0.25) is 0 Å². The van der Waals surface area contributed by atoms with Crippen LogP contribution in [0.15, 0.2) is 30.3 Å². The molecule has 0 radical (unpaired) electrons. The maximum Gasteiger partial charge on any atom is 0.338 e. The maximum absolute atomic E-state index is 13.5. The molecule has 14 atom stereocenters. The predicted molar refractivity (Wildman–Crippen MR) is 175 cm³/mol. The summed E-state index contributed by atoms with van der Waals surface area (Å²) in [6, 6.07) is 8.14. The first-order chi connectivity index (χ1) is 24.0. The first-order valence-electron chi connectivity index (χ1n) is 18.1. The molecule has 50 heavy (non-hydrogen) atoms. The summed E-state index contributed by atoms with van der Waals surface area (Å²) < 4.78 is 36.8. The Labute approximate surface area is 292 Å². The van der Waals surface area contributed by atoms with Crippen LogP contribution < -0.4 is 0 Å². The third kappa shape index (κ3) is 9.21. The fraction of sp³-hybridized carbons (Fsp3) is 0.778. The Bertz CT molecular complexity index is 1210. The zero-order chi connectivity index (χ0) is 35.9. The number of carboxylic acids is 1. The Morgan fingerprint density at radius 1 is 0.820 bits per heavy atom. The number of benzene rings is 1. The fourth-order valence-electron chi connectivity index (χ4n) is 7.77. The number of esters is 1.